The maximum absolute atomic E-state index is 14.3. The lowest BCUT2D eigenvalue weighted by Crippen LogP contribution is -2.50. The number of likely N-dealkylation sites (N-methyl/N-ethyl adjacent to an activating group) is 1. The van der Waals surface area contributed by atoms with Gasteiger partial charge in [-0.05, 0) is 44.4 Å². The van der Waals surface area contributed by atoms with Gasteiger partial charge in [0.1, 0.15) is 5.78 Å². The van der Waals surface area contributed by atoms with Crippen molar-refractivity contribution in [3.63, 3.8) is 0 Å². The molecule has 0 heterocycles. The van der Waals surface area contributed by atoms with E-state index in [9.17, 15) is 78.0 Å². The van der Waals surface area contributed by atoms with Gasteiger partial charge in [0.25, 0.3) is 0 Å². The average Bonchev–Trinajstić information content (AvgIpc) is 3.37. The maximum Gasteiger partial charge on any atom is 0.304 e. The number of primary amides is 1. The summed E-state index contributed by atoms with van der Waals surface area (Å²) in [5.74, 6) is -14.8. The van der Waals surface area contributed by atoms with E-state index in [1.807, 2.05) is 6.92 Å². The van der Waals surface area contributed by atoms with Crippen molar-refractivity contribution in [2.24, 2.45) is 47.2 Å². The third kappa shape index (κ3) is 30.6. The van der Waals surface area contributed by atoms with Crippen molar-refractivity contribution < 1.29 is 78.0 Å². The molecule has 0 spiro atoms. The molecule has 0 radical (unpaired) electrons. The lowest BCUT2D eigenvalue weighted by molar-refractivity contribution is -0.146. The summed E-state index contributed by atoms with van der Waals surface area (Å²) < 4.78 is 0. The van der Waals surface area contributed by atoms with Crippen LogP contribution in [-0.4, -0.2) is 140 Å². The van der Waals surface area contributed by atoms with E-state index >= 15 is 0 Å². The van der Waals surface area contributed by atoms with Gasteiger partial charge in [-0.25, -0.2) is 0 Å². The maximum atomic E-state index is 14.3. The molecule has 0 unspecified atom stereocenters. The first-order chi connectivity index (χ1) is 37.7. The Kier molecular flexibility index (Phi) is 38.1. The van der Waals surface area contributed by atoms with E-state index in [0.717, 1.165) is 62.7 Å². The van der Waals surface area contributed by atoms with Crippen molar-refractivity contribution in [3.05, 3.63) is 0 Å². The Morgan fingerprint density at radius 2 is 0.887 bits per heavy atom. The van der Waals surface area contributed by atoms with Gasteiger partial charge < -0.3 is 51.8 Å². The molecule has 0 aromatic rings. The summed E-state index contributed by atoms with van der Waals surface area (Å²) in [5, 5.41) is 48.2. The third-order valence-corrected chi connectivity index (χ3v) is 14.2. The van der Waals surface area contributed by atoms with Crippen molar-refractivity contribution in [2.45, 2.75) is 227 Å². The molecule has 80 heavy (non-hydrogen) atoms. The number of unbranched alkanes of at least 4 members (excludes halogenated alkanes) is 10. The molecule has 0 bridgehead atoms. The molecule has 9 atom stereocenters. The predicted molar refractivity (Wildman–Crippen MR) is 300 cm³/mol. The first-order valence-corrected chi connectivity index (χ1v) is 28.8. The molecule has 0 rings (SSSR count). The molecule has 0 fully saturated rings. The van der Waals surface area contributed by atoms with Gasteiger partial charge in [0.2, 0.25) is 29.5 Å². The van der Waals surface area contributed by atoms with E-state index in [4.69, 9.17) is 12.2 Å². The van der Waals surface area contributed by atoms with Gasteiger partial charge in [-0.15, -0.1) is 12.3 Å². The largest absolute Gasteiger partial charge is 0.481 e. The second-order valence-electron chi connectivity index (χ2n) is 22.5. The number of hydrogen-bond donors (Lipinski definition) is 8. The zero-order chi connectivity index (χ0) is 61.1. The summed E-state index contributed by atoms with van der Waals surface area (Å²) >= 11 is 0. The van der Waals surface area contributed by atoms with Gasteiger partial charge >= 0.3 is 11.9 Å². The van der Waals surface area contributed by atoms with E-state index < -0.39 is 170 Å². The number of terminal acetylenes is 1. The van der Waals surface area contributed by atoms with E-state index in [2.05, 4.69) is 28.8 Å². The van der Waals surface area contributed by atoms with Gasteiger partial charge in [-0.1, -0.05) is 119 Å². The van der Waals surface area contributed by atoms with Gasteiger partial charge in [-0.3, -0.25) is 52.7 Å². The van der Waals surface area contributed by atoms with Crippen LogP contribution in [0.4, 0.5) is 0 Å². The van der Waals surface area contributed by atoms with E-state index in [1.54, 1.807) is 27.7 Å². The Labute approximate surface area is 474 Å². The highest BCUT2D eigenvalue weighted by Gasteiger charge is 2.38. The molecular formula is C59H97N5O16. The number of carboxylic acids is 2. The molecule has 0 aromatic carbocycles. The van der Waals surface area contributed by atoms with Crippen LogP contribution >= 0.6 is 0 Å². The first-order valence-electron chi connectivity index (χ1n) is 28.8. The van der Waals surface area contributed by atoms with Crippen LogP contribution in [0.2, 0.25) is 0 Å². The van der Waals surface area contributed by atoms with Gasteiger partial charge in [0, 0.05) is 45.6 Å². The Bertz CT molecular complexity index is 2070. The van der Waals surface area contributed by atoms with Crippen molar-refractivity contribution in [2.75, 3.05) is 20.3 Å². The summed E-state index contributed by atoms with van der Waals surface area (Å²) in [7, 11) is 1.27. The number of carboxylic acid groups (broad SMARTS) is 2. The molecule has 21 nitrogen and oxygen atoms in total. The molecule has 0 aliphatic heterocycles. The molecule has 9 N–H and O–H groups in total. The molecule has 0 aliphatic carbocycles. The third-order valence-electron chi connectivity index (χ3n) is 14.2. The van der Waals surface area contributed by atoms with Crippen molar-refractivity contribution in [1.29, 1.82) is 0 Å². The molecule has 0 saturated carbocycles. The summed E-state index contributed by atoms with van der Waals surface area (Å²) in [6.45, 7) is 10.8. The minimum atomic E-state index is -1.56. The topological polar surface area (TPSA) is 351 Å². The number of carbonyl (C=O) groups excluding carboxylic acids is 10. The van der Waals surface area contributed by atoms with Crippen molar-refractivity contribution in [3.8, 4) is 12.3 Å². The minimum Gasteiger partial charge on any atom is -0.481 e. The second-order valence-corrected chi connectivity index (χ2v) is 22.5. The van der Waals surface area contributed by atoms with Crippen LogP contribution in [0, 0.1) is 53.8 Å². The zero-order valence-corrected chi connectivity index (χ0v) is 49.0. The zero-order valence-electron chi connectivity index (χ0n) is 49.0. The minimum absolute atomic E-state index is 0.00645. The molecule has 0 aromatic heterocycles. The van der Waals surface area contributed by atoms with Crippen LogP contribution < -0.4 is 21.7 Å². The fourth-order valence-corrected chi connectivity index (χ4v) is 9.59. The highest BCUT2D eigenvalue weighted by Crippen LogP contribution is 2.24. The van der Waals surface area contributed by atoms with E-state index in [-0.39, 0.29) is 56.1 Å². The molecule has 454 valence electrons. The van der Waals surface area contributed by atoms with Crippen LogP contribution in [0.5, 0.6) is 0 Å². The lowest BCUT2D eigenvalue weighted by atomic mass is 9.88. The highest BCUT2D eigenvalue weighted by atomic mass is 16.4. The number of aliphatic hydroxyl groups excluding tert-OH is 2. The van der Waals surface area contributed by atoms with Gasteiger partial charge in [0.15, 0.2) is 23.1 Å². The SMILES string of the molecule is C#CC[C@H](CC(C)=O)C(=O)N[C@@H](CCCCCCCC)C(=O)C[C@@H](CO)C(=O)N[C@@H](CC(C)C)C(=O)C[C@@H](CO)C(=O)N(C)[C@@H](CC(C)C)C(=O)C[C@@H](CC(=O)O)C(=O)N[C@@H](CCCCCCCC)C(=O)C[C@@H](CC(=O)O)C(N)=O. The first kappa shape index (κ1) is 74.1. The van der Waals surface area contributed by atoms with E-state index in [1.165, 1.54) is 14.0 Å². The van der Waals surface area contributed by atoms with Crippen LogP contribution in [0.25, 0.3) is 0 Å². The molecule has 5 amide bonds. The van der Waals surface area contributed by atoms with Crippen LogP contribution in [0.1, 0.15) is 203 Å². The molecule has 0 saturated heterocycles. The Balaban J connectivity index is 6.63. The fraction of sp³-hybridized carbons (Fsp3) is 0.763. The number of nitrogens with zero attached hydrogens (tertiary/aromatic N) is 1. The number of aliphatic carboxylic acids is 2. The predicted octanol–water partition coefficient (Wildman–Crippen LogP) is 5.20. The number of Topliss-reactive ketones (excluding diaryl/α,β-unsaturated/α-hetero) is 5. The summed E-state index contributed by atoms with van der Waals surface area (Å²) in [5.41, 5.74) is 5.40. The average molecular weight is 1130 g/mol. The number of amides is 5. The number of nitrogens with two attached hydrogens (primary N) is 1. The number of carbonyl (C=O) groups is 12. The highest BCUT2D eigenvalue weighted by molar-refractivity contribution is 5.99. The van der Waals surface area contributed by atoms with Gasteiger partial charge in [0.05, 0.1) is 79.8 Å². The quantitative estimate of drug-likeness (QED) is 0.0287. The number of ketones is 5. The smallest absolute Gasteiger partial charge is 0.304 e. The summed E-state index contributed by atoms with van der Waals surface area (Å²) in [6, 6.07) is -4.92. The monoisotopic (exact) mass is 1130 g/mol. The fourth-order valence-electron chi connectivity index (χ4n) is 9.59. The van der Waals surface area contributed by atoms with Crippen LogP contribution in [0.15, 0.2) is 0 Å². The molecular weight excluding hydrogens is 1030 g/mol. The summed E-state index contributed by atoms with van der Waals surface area (Å²) in [4.78, 5) is 160. The number of aliphatic hydroxyl groups is 2. The number of nitrogens with one attached hydrogen (secondary N) is 3. The van der Waals surface area contributed by atoms with Gasteiger partial charge in [-0.2, -0.15) is 0 Å². The normalized spacial score (nSPS) is 14.7. The second kappa shape index (κ2) is 41.2. The standard InChI is InChI=1S/C59H97N5O16/c1-10-13-15-17-19-21-24-45(49(68)29-41(55(60)76)33-53(72)73)62-57(78)42(34-54(74)75)30-52(71)48(27-38(6)7)64(9)59(80)44(36-66)32-51(70)47(26-37(4)5)63-58(79)43(35-65)31-50(69)46(25-22-20-18-16-14-11-2)61-56(77)40(23-12-3)28-39(8)67/h3,37-38,40-48,65-66H,10-11,13-36H2,1-2,4-9H3,(H2,60,76)(H,61,77)(H,62,78)(H,63,79)(H,72,73)(H,74,75)/t40-,41+,42+,43+,44+,45+,46+,47+,48+/m1/s1. The van der Waals surface area contributed by atoms with Crippen molar-refractivity contribution in [1.82, 2.24) is 20.9 Å². The Morgan fingerprint density at radius 3 is 1.31 bits per heavy atom. The van der Waals surface area contributed by atoms with Crippen molar-refractivity contribution >= 4 is 70.4 Å². The lowest BCUT2D eigenvalue weighted by Gasteiger charge is -2.32. The molecule has 0 aliphatic rings. The number of rotatable bonds is 48. The van der Waals surface area contributed by atoms with Crippen LogP contribution in [0.3, 0.4) is 0 Å². The van der Waals surface area contributed by atoms with Crippen LogP contribution in [-0.2, 0) is 57.5 Å². The number of hydrogen-bond acceptors (Lipinski definition) is 14. The van der Waals surface area contributed by atoms with E-state index in [0.29, 0.717) is 19.3 Å². The Morgan fingerprint density at radius 1 is 0.500 bits per heavy atom. The Hall–Kier alpha value is -5.88. The summed E-state index contributed by atoms with van der Waals surface area (Å²) in [6.07, 6.45) is 11.7. The molecule has 21 heteroatoms.